The van der Waals surface area contributed by atoms with Crippen molar-refractivity contribution in [2.24, 2.45) is 5.92 Å². The number of ether oxygens (including phenoxy) is 1. The number of pyridine rings is 1. The molecule has 2 saturated carbocycles. The maximum absolute atomic E-state index is 13.8. The second-order valence-corrected chi connectivity index (χ2v) is 9.84. The van der Waals surface area contributed by atoms with Crippen LogP contribution in [0.4, 0.5) is 4.39 Å². The third-order valence-corrected chi connectivity index (χ3v) is 7.54. The van der Waals surface area contributed by atoms with Crippen LogP contribution in [0.3, 0.4) is 0 Å². The molecule has 2 aliphatic carbocycles. The summed E-state index contributed by atoms with van der Waals surface area (Å²) in [7, 11) is 1.60. The summed E-state index contributed by atoms with van der Waals surface area (Å²) in [6.07, 6.45) is 2.49. The Labute approximate surface area is 201 Å². The minimum Gasteiger partial charge on any atom is -0.502 e. The number of rotatable bonds is 7. The molecule has 2 unspecified atom stereocenters. The molecule has 2 N–H and O–H groups in total. The van der Waals surface area contributed by atoms with Gasteiger partial charge in [0, 0.05) is 31.8 Å². The summed E-state index contributed by atoms with van der Waals surface area (Å²) >= 11 is 0. The molecule has 2 fully saturated rings. The number of hydrogen-bond donors (Lipinski definition) is 2. The molecule has 0 spiro atoms. The standard InChI is InChI=1S/C25H27FN4O5/c1-35-12-27-17-10-18(17)29-22(14-4-5-14)30-20(24(29)33)16-8-9-28(11-13-2-6-15(26)7-3-13)23(32)19(16)21(31)25(30)34/h2-3,6-7,14,17-18,22,27,31H,4-5,8-12H2,1H3/t17?,18-,22?/m0/s1. The van der Waals surface area contributed by atoms with Gasteiger partial charge in [0.25, 0.3) is 17.4 Å². The van der Waals surface area contributed by atoms with Gasteiger partial charge in [0.05, 0.1) is 18.3 Å². The van der Waals surface area contributed by atoms with Crippen molar-refractivity contribution in [3.05, 3.63) is 62.8 Å². The third kappa shape index (κ3) is 3.54. The number of aromatic nitrogens is 1. The van der Waals surface area contributed by atoms with Crippen molar-refractivity contribution < 1.29 is 23.8 Å². The average molecular weight is 483 g/mol. The number of carbonyl (C=O) groups excluding carboxylic acids is 2. The molecule has 0 bridgehead atoms. The van der Waals surface area contributed by atoms with Crippen molar-refractivity contribution >= 4 is 11.8 Å². The van der Waals surface area contributed by atoms with Gasteiger partial charge >= 0.3 is 0 Å². The van der Waals surface area contributed by atoms with Crippen molar-refractivity contribution in [1.29, 1.82) is 0 Å². The molecule has 4 aliphatic rings. The summed E-state index contributed by atoms with van der Waals surface area (Å²) in [4.78, 5) is 43.8. The van der Waals surface area contributed by atoms with Crippen LogP contribution in [-0.4, -0.2) is 63.8 Å². The highest BCUT2D eigenvalue weighted by molar-refractivity contribution is 6.05. The lowest BCUT2D eigenvalue weighted by atomic mass is 9.95. The predicted octanol–water partition coefficient (Wildman–Crippen LogP) is 1.59. The lowest BCUT2D eigenvalue weighted by Crippen LogP contribution is -2.40. The molecule has 2 aromatic rings. The largest absolute Gasteiger partial charge is 0.502 e. The van der Waals surface area contributed by atoms with Crippen LogP contribution in [0.15, 0.2) is 29.1 Å². The lowest BCUT2D eigenvalue weighted by Gasteiger charge is -2.30. The molecular formula is C25H27FN4O5. The first-order valence-corrected chi connectivity index (χ1v) is 12.0. The van der Waals surface area contributed by atoms with Gasteiger partial charge in [-0.2, -0.15) is 0 Å². The van der Waals surface area contributed by atoms with E-state index in [4.69, 9.17) is 4.74 Å². The Kier molecular flexibility index (Phi) is 5.19. The minimum absolute atomic E-state index is 0.0605. The van der Waals surface area contributed by atoms with Crippen molar-refractivity contribution in [1.82, 2.24) is 19.7 Å². The minimum atomic E-state index is -0.689. The molecule has 0 saturated heterocycles. The second kappa shape index (κ2) is 8.17. The van der Waals surface area contributed by atoms with Crippen LogP contribution in [0.1, 0.15) is 57.4 Å². The van der Waals surface area contributed by atoms with E-state index in [2.05, 4.69) is 5.32 Å². The average Bonchev–Trinajstić information content (AvgIpc) is 3.77. The van der Waals surface area contributed by atoms with E-state index in [0.29, 0.717) is 25.3 Å². The van der Waals surface area contributed by atoms with Crippen LogP contribution < -0.4 is 10.9 Å². The van der Waals surface area contributed by atoms with E-state index in [1.54, 1.807) is 24.1 Å². The maximum Gasteiger partial charge on any atom is 0.295 e. The smallest absolute Gasteiger partial charge is 0.295 e. The third-order valence-electron chi connectivity index (χ3n) is 7.54. The summed E-state index contributed by atoms with van der Waals surface area (Å²) in [6, 6.07) is 5.87. The highest BCUT2D eigenvalue weighted by atomic mass is 19.1. The second-order valence-electron chi connectivity index (χ2n) is 9.84. The van der Waals surface area contributed by atoms with Crippen LogP contribution in [0, 0.1) is 11.7 Å². The Morgan fingerprint density at radius 1 is 1.14 bits per heavy atom. The van der Waals surface area contributed by atoms with E-state index in [0.717, 1.165) is 24.8 Å². The molecule has 0 radical (unpaired) electrons. The summed E-state index contributed by atoms with van der Waals surface area (Å²) in [5.74, 6) is -1.54. The van der Waals surface area contributed by atoms with Gasteiger partial charge in [-0.3, -0.25) is 24.3 Å². The Balaban J connectivity index is 1.37. The maximum atomic E-state index is 13.8. The Morgan fingerprint density at radius 3 is 2.57 bits per heavy atom. The number of halogens is 1. The number of methoxy groups -OCH3 is 1. The zero-order valence-corrected chi connectivity index (χ0v) is 19.4. The fourth-order valence-electron chi connectivity index (χ4n) is 5.60. The summed E-state index contributed by atoms with van der Waals surface area (Å²) in [6.45, 7) is 0.922. The monoisotopic (exact) mass is 482 g/mol. The zero-order valence-electron chi connectivity index (χ0n) is 19.4. The molecule has 3 atom stereocenters. The zero-order chi connectivity index (χ0) is 24.4. The van der Waals surface area contributed by atoms with Crippen molar-refractivity contribution in [3.63, 3.8) is 0 Å². The number of carbonyl (C=O) groups is 2. The van der Waals surface area contributed by atoms with Crippen LogP contribution in [0.25, 0.3) is 0 Å². The lowest BCUT2D eigenvalue weighted by molar-refractivity contribution is 0.0627. The van der Waals surface area contributed by atoms with E-state index in [1.165, 1.54) is 21.6 Å². The van der Waals surface area contributed by atoms with Gasteiger partial charge in [0.15, 0.2) is 5.75 Å². The van der Waals surface area contributed by atoms with Crippen LogP contribution in [-0.2, 0) is 17.7 Å². The van der Waals surface area contributed by atoms with E-state index in [1.807, 2.05) is 0 Å². The number of amides is 2. The molecule has 1 aromatic carbocycles. The number of fused-ring (bicyclic) bond motifs is 3. The Bertz CT molecular complexity index is 1270. The van der Waals surface area contributed by atoms with Crippen LogP contribution in [0.5, 0.6) is 5.75 Å². The fraction of sp³-hybridized carbons (Fsp3) is 0.480. The number of nitrogens with one attached hydrogen (secondary N) is 1. The molecule has 10 heteroatoms. The predicted molar refractivity (Wildman–Crippen MR) is 122 cm³/mol. The fourth-order valence-corrected chi connectivity index (χ4v) is 5.60. The molecule has 2 aliphatic heterocycles. The molecule has 184 valence electrons. The first-order valence-electron chi connectivity index (χ1n) is 12.0. The van der Waals surface area contributed by atoms with Crippen molar-refractivity contribution in [2.45, 2.75) is 50.5 Å². The Hall–Kier alpha value is -3.24. The van der Waals surface area contributed by atoms with Crippen molar-refractivity contribution in [3.8, 4) is 5.75 Å². The van der Waals surface area contributed by atoms with Gasteiger partial charge in [-0.25, -0.2) is 4.39 Å². The summed E-state index contributed by atoms with van der Waals surface area (Å²) < 4.78 is 19.8. The van der Waals surface area contributed by atoms with Gasteiger partial charge in [-0.1, -0.05) is 12.1 Å². The van der Waals surface area contributed by atoms with Gasteiger partial charge < -0.3 is 19.6 Å². The van der Waals surface area contributed by atoms with Crippen LogP contribution >= 0.6 is 0 Å². The number of nitrogens with zero attached hydrogens (tertiary/aromatic N) is 3. The molecule has 2 amide bonds. The van der Waals surface area contributed by atoms with Gasteiger partial charge in [0.1, 0.15) is 17.7 Å². The normalized spacial score (nSPS) is 25.1. The first-order chi connectivity index (χ1) is 16.9. The summed E-state index contributed by atoms with van der Waals surface area (Å²) in [5.41, 5.74) is 0.657. The molecule has 35 heavy (non-hydrogen) atoms. The molecule has 3 heterocycles. The highest BCUT2D eigenvalue weighted by Crippen LogP contribution is 2.50. The number of aromatic hydroxyl groups is 1. The van der Waals surface area contributed by atoms with E-state index >= 15 is 0 Å². The molecular weight excluding hydrogens is 455 g/mol. The Morgan fingerprint density at radius 2 is 1.89 bits per heavy atom. The van der Waals surface area contributed by atoms with E-state index < -0.39 is 23.4 Å². The van der Waals surface area contributed by atoms with E-state index in [-0.39, 0.29) is 47.5 Å². The molecule has 9 nitrogen and oxygen atoms in total. The topological polar surface area (TPSA) is 104 Å². The first kappa shape index (κ1) is 22.2. The van der Waals surface area contributed by atoms with Gasteiger partial charge in [-0.05, 0) is 49.3 Å². The van der Waals surface area contributed by atoms with Gasteiger partial charge in [-0.15, -0.1) is 0 Å². The molecule has 1 aromatic heterocycles. The van der Waals surface area contributed by atoms with Crippen LogP contribution in [0.2, 0.25) is 0 Å². The SMILES string of the molecule is COCNC1C[C@@H]1N1C(=O)c2c3c(c(O)c(=O)n2C1C1CC1)C(=O)N(Cc1ccc(F)cc1)CC3. The number of hydrogen-bond acceptors (Lipinski definition) is 6. The van der Waals surface area contributed by atoms with Crippen molar-refractivity contribution in [2.75, 3.05) is 20.4 Å². The highest BCUT2D eigenvalue weighted by Gasteiger charge is 2.56. The van der Waals surface area contributed by atoms with Gasteiger partial charge in [0.2, 0.25) is 0 Å². The quantitative estimate of drug-likeness (QED) is 0.581. The number of benzene rings is 1. The van der Waals surface area contributed by atoms with E-state index in [9.17, 15) is 23.9 Å². The summed E-state index contributed by atoms with van der Waals surface area (Å²) in [5, 5.41) is 14.2. The molecule has 6 rings (SSSR count).